The normalized spacial score (nSPS) is 25.2. The number of hydrogen-bond donors (Lipinski definition) is 1. The van der Waals surface area contributed by atoms with Crippen LogP contribution in [0.1, 0.15) is 37.3 Å². The Bertz CT molecular complexity index is 569. The number of rotatable bonds is 4. The number of benzene rings is 1. The highest BCUT2D eigenvalue weighted by Crippen LogP contribution is 2.37. The maximum atomic E-state index is 13.1. The van der Waals surface area contributed by atoms with Gasteiger partial charge in [0.05, 0.1) is 12.0 Å². The molecule has 2 fully saturated rings. The molecule has 3 rings (SSSR count). The van der Waals surface area contributed by atoms with Gasteiger partial charge in [-0.25, -0.2) is 4.39 Å². The van der Waals surface area contributed by atoms with Gasteiger partial charge in [-0.2, -0.15) is 0 Å². The van der Waals surface area contributed by atoms with E-state index in [-0.39, 0.29) is 30.1 Å². The van der Waals surface area contributed by atoms with Gasteiger partial charge in [0.2, 0.25) is 11.8 Å². The van der Waals surface area contributed by atoms with Crippen molar-refractivity contribution in [2.45, 2.75) is 31.7 Å². The van der Waals surface area contributed by atoms with Crippen molar-refractivity contribution < 1.29 is 14.0 Å². The lowest BCUT2D eigenvalue weighted by Gasteiger charge is -2.28. The van der Waals surface area contributed by atoms with Crippen molar-refractivity contribution in [3.63, 3.8) is 0 Å². The van der Waals surface area contributed by atoms with Crippen LogP contribution in [0.25, 0.3) is 0 Å². The molecule has 2 aliphatic rings. The van der Waals surface area contributed by atoms with Crippen LogP contribution < -0.4 is 5.32 Å². The van der Waals surface area contributed by atoms with Crippen LogP contribution in [0.3, 0.4) is 0 Å². The topological polar surface area (TPSA) is 49.4 Å². The van der Waals surface area contributed by atoms with Crippen LogP contribution in [0.4, 0.5) is 4.39 Å². The van der Waals surface area contributed by atoms with Gasteiger partial charge in [0, 0.05) is 20.0 Å². The minimum Gasteiger partial charge on any atom is -0.355 e. The smallest absolute Gasteiger partial charge is 0.226 e. The SMILES string of the molecule is CN1C(=O)C[C@@H](C(=O)NCC2CCC2)[C@@H]1c1ccc(F)cc1. The lowest BCUT2D eigenvalue weighted by Crippen LogP contribution is -2.38. The van der Waals surface area contributed by atoms with Gasteiger partial charge in [0.25, 0.3) is 0 Å². The second kappa shape index (κ2) is 6.07. The predicted octanol–water partition coefficient (Wildman–Crippen LogP) is 2.26. The van der Waals surface area contributed by atoms with E-state index in [1.807, 2.05) is 0 Å². The van der Waals surface area contributed by atoms with Crippen molar-refractivity contribution in [3.8, 4) is 0 Å². The summed E-state index contributed by atoms with van der Waals surface area (Å²) < 4.78 is 13.1. The number of nitrogens with one attached hydrogen (secondary N) is 1. The number of halogens is 1. The molecule has 1 aliphatic carbocycles. The highest BCUT2D eigenvalue weighted by molar-refractivity contribution is 5.90. The van der Waals surface area contributed by atoms with E-state index in [0.29, 0.717) is 12.5 Å². The third-order valence-corrected chi connectivity index (χ3v) is 4.92. The quantitative estimate of drug-likeness (QED) is 0.927. The molecular formula is C17H21FN2O2. The number of carbonyl (C=O) groups excluding carboxylic acids is 2. The zero-order valence-electron chi connectivity index (χ0n) is 12.7. The first-order chi connectivity index (χ1) is 10.6. The molecule has 1 saturated heterocycles. The van der Waals surface area contributed by atoms with Crippen LogP contribution in [0.15, 0.2) is 24.3 Å². The Hall–Kier alpha value is -1.91. The Morgan fingerprint density at radius 2 is 2.00 bits per heavy atom. The summed E-state index contributed by atoms with van der Waals surface area (Å²) in [4.78, 5) is 26.1. The van der Waals surface area contributed by atoms with Gasteiger partial charge in [0.15, 0.2) is 0 Å². The molecule has 1 aromatic rings. The first kappa shape index (κ1) is 15.0. The standard InChI is InChI=1S/C17H21FN2O2/c1-20-15(21)9-14(17(22)19-10-11-3-2-4-11)16(20)12-5-7-13(18)8-6-12/h5-8,11,14,16H,2-4,9-10H2,1H3,(H,19,22)/t14-,16+/m1/s1. The minimum atomic E-state index is -0.400. The van der Waals surface area contributed by atoms with E-state index in [0.717, 1.165) is 5.56 Å². The summed E-state index contributed by atoms with van der Waals surface area (Å²) in [6.07, 6.45) is 3.80. The van der Waals surface area contributed by atoms with E-state index < -0.39 is 5.92 Å². The van der Waals surface area contributed by atoms with Gasteiger partial charge < -0.3 is 10.2 Å². The molecule has 22 heavy (non-hydrogen) atoms. The second-order valence-electron chi connectivity index (χ2n) is 6.35. The van der Waals surface area contributed by atoms with Crippen LogP contribution in [-0.4, -0.2) is 30.3 Å². The van der Waals surface area contributed by atoms with E-state index in [1.54, 1.807) is 24.1 Å². The number of amides is 2. The summed E-state index contributed by atoms with van der Waals surface area (Å²) >= 11 is 0. The Labute approximate surface area is 129 Å². The van der Waals surface area contributed by atoms with Crippen LogP contribution in [-0.2, 0) is 9.59 Å². The predicted molar refractivity (Wildman–Crippen MR) is 80.4 cm³/mol. The fourth-order valence-electron chi connectivity index (χ4n) is 3.29. The molecule has 1 aromatic carbocycles. The highest BCUT2D eigenvalue weighted by atomic mass is 19.1. The fraction of sp³-hybridized carbons (Fsp3) is 0.529. The Kier molecular flexibility index (Phi) is 4.14. The summed E-state index contributed by atoms with van der Waals surface area (Å²) in [6.45, 7) is 0.698. The molecule has 1 N–H and O–H groups in total. The average Bonchev–Trinajstić information content (AvgIpc) is 2.74. The maximum Gasteiger partial charge on any atom is 0.226 e. The summed E-state index contributed by atoms with van der Waals surface area (Å²) in [5.74, 6) is -0.246. The van der Waals surface area contributed by atoms with E-state index in [4.69, 9.17) is 0 Å². The van der Waals surface area contributed by atoms with Gasteiger partial charge >= 0.3 is 0 Å². The summed E-state index contributed by atoms with van der Waals surface area (Å²) in [5, 5.41) is 2.99. The number of likely N-dealkylation sites (tertiary alicyclic amines) is 1. The Morgan fingerprint density at radius 1 is 1.32 bits per heavy atom. The molecule has 118 valence electrons. The second-order valence-corrected chi connectivity index (χ2v) is 6.35. The van der Waals surface area contributed by atoms with Gasteiger partial charge in [-0.05, 0) is 36.5 Å². The first-order valence-electron chi connectivity index (χ1n) is 7.85. The molecule has 5 heteroatoms. The summed E-state index contributed by atoms with van der Waals surface area (Å²) in [5.41, 5.74) is 0.804. The van der Waals surface area contributed by atoms with Crippen molar-refractivity contribution in [2.75, 3.05) is 13.6 Å². The Balaban J connectivity index is 1.73. The highest BCUT2D eigenvalue weighted by Gasteiger charge is 2.42. The summed E-state index contributed by atoms with van der Waals surface area (Å²) in [7, 11) is 1.70. The molecular weight excluding hydrogens is 283 g/mol. The molecule has 1 heterocycles. The van der Waals surface area contributed by atoms with E-state index in [1.165, 1.54) is 31.4 Å². The zero-order valence-corrected chi connectivity index (χ0v) is 12.7. The van der Waals surface area contributed by atoms with Crippen molar-refractivity contribution in [1.82, 2.24) is 10.2 Å². The van der Waals surface area contributed by atoms with Gasteiger partial charge in [-0.1, -0.05) is 18.6 Å². The third kappa shape index (κ3) is 2.85. The molecule has 1 aliphatic heterocycles. The van der Waals surface area contributed by atoms with E-state index in [9.17, 15) is 14.0 Å². The maximum absolute atomic E-state index is 13.1. The van der Waals surface area contributed by atoms with Crippen molar-refractivity contribution >= 4 is 11.8 Å². The lowest BCUT2D eigenvalue weighted by molar-refractivity contribution is -0.128. The van der Waals surface area contributed by atoms with Gasteiger partial charge in [-0.3, -0.25) is 9.59 Å². The molecule has 2 amide bonds. The molecule has 4 nitrogen and oxygen atoms in total. The van der Waals surface area contributed by atoms with Gasteiger partial charge in [0.1, 0.15) is 5.82 Å². The summed E-state index contributed by atoms with van der Waals surface area (Å²) in [6, 6.07) is 5.74. The zero-order chi connectivity index (χ0) is 15.7. The molecule has 0 unspecified atom stereocenters. The lowest BCUT2D eigenvalue weighted by atomic mass is 9.85. The molecule has 0 radical (unpaired) electrons. The third-order valence-electron chi connectivity index (χ3n) is 4.92. The van der Waals surface area contributed by atoms with Crippen molar-refractivity contribution in [2.24, 2.45) is 11.8 Å². The average molecular weight is 304 g/mol. The molecule has 0 bridgehead atoms. The fourth-order valence-corrected chi connectivity index (χ4v) is 3.29. The molecule has 0 spiro atoms. The van der Waals surface area contributed by atoms with E-state index in [2.05, 4.69) is 5.32 Å². The van der Waals surface area contributed by atoms with Crippen LogP contribution in [0.2, 0.25) is 0 Å². The van der Waals surface area contributed by atoms with Gasteiger partial charge in [-0.15, -0.1) is 0 Å². The Morgan fingerprint density at radius 3 is 2.59 bits per heavy atom. The minimum absolute atomic E-state index is 0.0434. The van der Waals surface area contributed by atoms with E-state index >= 15 is 0 Å². The van der Waals surface area contributed by atoms with Crippen LogP contribution in [0, 0.1) is 17.7 Å². The number of carbonyl (C=O) groups is 2. The monoisotopic (exact) mass is 304 g/mol. The van der Waals surface area contributed by atoms with Crippen molar-refractivity contribution in [1.29, 1.82) is 0 Å². The molecule has 2 atom stereocenters. The first-order valence-corrected chi connectivity index (χ1v) is 7.85. The number of nitrogens with zero attached hydrogens (tertiary/aromatic N) is 1. The van der Waals surface area contributed by atoms with Crippen LogP contribution in [0.5, 0.6) is 0 Å². The molecule has 1 saturated carbocycles. The number of hydrogen-bond acceptors (Lipinski definition) is 2. The van der Waals surface area contributed by atoms with Crippen molar-refractivity contribution in [3.05, 3.63) is 35.6 Å². The largest absolute Gasteiger partial charge is 0.355 e. The molecule has 0 aromatic heterocycles. The van der Waals surface area contributed by atoms with Crippen LogP contribution >= 0.6 is 0 Å².